The highest BCUT2D eigenvalue weighted by molar-refractivity contribution is 9.10. The number of benzene rings is 2. The van der Waals surface area contributed by atoms with Gasteiger partial charge in [0.25, 0.3) is 0 Å². The molecular formula is C14H13BrClNO3S. The zero-order valence-electron chi connectivity index (χ0n) is 11.1. The van der Waals surface area contributed by atoms with Gasteiger partial charge in [-0.25, -0.2) is 8.42 Å². The number of hydrogen-bond donors (Lipinski definition) is 1. The molecule has 0 aromatic heterocycles. The van der Waals surface area contributed by atoms with Gasteiger partial charge in [-0.1, -0.05) is 39.7 Å². The van der Waals surface area contributed by atoms with Crippen molar-refractivity contribution in [2.75, 3.05) is 7.05 Å². The van der Waals surface area contributed by atoms with Crippen LogP contribution in [0.5, 0.6) is 5.75 Å². The Kier molecular flexibility index (Phi) is 4.93. The lowest BCUT2D eigenvalue weighted by molar-refractivity contribution is 0.458. The summed E-state index contributed by atoms with van der Waals surface area (Å²) in [4.78, 5) is 0.0509. The summed E-state index contributed by atoms with van der Waals surface area (Å²) in [5, 5.41) is 9.59. The van der Waals surface area contributed by atoms with Gasteiger partial charge in [0.1, 0.15) is 10.6 Å². The van der Waals surface area contributed by atoms with E-state index >= 15 is 0 Å². The molecule has 112 valence electrons. The second-order valence-corrected chi connectivity index (χ2v) is 7.84. The number of phenols is 1. The molecule has 0 fully saturated rings. The third kappa shape index (κ3) is 3.77. The predicted octanol–water partition coefficient (Wildman–Crippen LogP) is 3.63. The lowest BCUT2D eigenvalue weighted by atomic mass is 10.2. The lowest BCUT2D eigenvalue weighted by Crippen LogP contribution is -2.26. The number of halogens is 2. The Morgan fingerprint density at radius 2 is 1.95 bits per heavy atom. The highest BCUT2D eigenvalue weighted by Gasteiger charge is 2.23. The molecule has 2 rings (SSSR count). The maximum atomic E-state index is 12.5. The van der Waals surface area contributed by atoms with Crippen LogP contribution in [0.3, 0.4) is 0 Å². The first-order valence-electron chi connectivity index (χ1n) is 6.00. The second-order valence-electron chi connectivity index (χ2n) is 4.51. The monoisotopic (exact) mass is 389 g/mol. The highest BCUT2D eigenvalue weighted by atomic mass is 79.9. The maximum absolute atomic E-state index is 12.5. The summed E-state index contributed by atoms with van der Waals surface area (Å²) in [7, 11) is -2.23. The summed E-state index contributed by atoms with van der Waals surface area (Å²) in [5.41, 5.74) is 0.689. The third-order valence-corrected chi connectivity index (χ3v) is 5.68. The van der Waals surface area contributed by atoms with E-state index in [1.165, 1.54) is 35.6 Å². The third-order valence-electron chi connectivity index (χ3n) is 2.90. The maximum Gasteiger partial charge on any atom is 0.244 e. The van der Waals surface area contributed by atoms with Gasteiger partial charge in [0.05, 0.1) is 5.02 Å². The number of nitrogens with zero attached hydrogens (tertiary/aromatic N) is 1. The van der Waals surface area contributed by atoms with Gasteiger partial charge in [-0.3, -0.25) is 0 Å². The summed E-state index contributed by atoms with van der Waals surface area (Å²) >= 11 is 9.25. The molecule has 0 heterocycles. The summed E-state index contributed by atoms with van der Waals surface area (Å²) in [6.45, 7) is 0.142. The zero-order chi connectivity index (χ0) is 15.6. The molecule has 0 saturated carbocycles. The highest BCUT2D eigenvalue weighted by Crippen LogP contribution is 2.28. The van der Waals surface area contributed by atoms with Gasteiger partial charge in [-0.15, -0.1) is 0 Å². The molecule has 2 aromatic carbocycles. The predicted molar refractivity (Wildman–Crippen MR) is 85.9 cm³/mol. The van der Waals surface area contributed by atoms with Gasteiger partial charge in [-0.05, 0) is 35.9 Å². The van der Waals surface area contributed by atoms with Gasteiger partial charge in [0.15, 0.2) is 0 Å². The lowest BCUT2D eigenvalue weighted by Gasteiger charge is -2.18. The van der Waals surface area contributed by atoms with E-state index in [4.69, 9.17) is 11.6 Å². The molecule has 7 heteroatoms. The zero-order valence-corrected chi connectivity index (χ0v) is 14.3. The van der Waals surface area contributed by atoms with Crippen molar-refractivity contribution in [3.8, 4) is 5.75 Å². The molecule has 21 heavy (non-hydrogen) atoms. The number of aromatic hydroxyl groups is 1. The van der Waals surface area contributed by atoms with Crippen LogP contribution in [0.25, 0.3) is 0 Å². The molecule has 0 bridgehead atoms. The summed E-state index contributed by atoms with van der Waals surface area (Å²) in [5.74, 6) is 0.0972. The Morgan fingerprint density at radius 3 is 2.57 bits per heavy atom. The van der Waals surface area contributed by atoms with Crippen molar-refractivity contribution in [1.29, 1.82) is 0 Å². The average Bonchev–Trinajstić information content (AvgIpc) is 2.38. The summed E-state index contributed by atoms with van der Waals surface area (Å²) in [6.07, 6.45) is 0. The van der Waals surface area contributed by atoms with Crippen LogP contribution in [0.2, 0.25) is 5.02 Å². The van der Waals surface area contributed by atoms with Crippen LogP contribution in [-0.2, 0) is 16.6 Å². The van der Waals surface area contributed by atoms with Crippen molar-refractivity contribution in [3.63, 3.8) is 0 Å². The molecule has 0 spiro atoms. The van der Waals surface area contributed by atoms with Gasteiger partial charge in [0.2, 0.25) is 10.0 Å². The van der Waals surface area contributed by atoms with Gasteiger partial charge in [-0.2, -0.15) is 4.31 Å². The van der Waals surface area contributed by atoms with E-state index in [2.05, 4.69) is 15.9 Å². The van der Waals surface area contributed by atoms with Crippen LogP contribution >= 0.6 is 27.5 Å². The molecule has 0 aliphatic heterocycles. The fourth-order valence-electron chi connectivity index (χ4n) is 1.85. The summed E-state index contributed by atoms with van der Waals surface area (Å²) < 4.78 is 26.9. The Balaban J connectivity index is 2.30. The minimum atomic E-state index is -3.70. The van der Waals surface area contributed by atoms with E-state index in [0.717, 1.165) is 0 Å². The first-order valence-corrected chi connectivity index (χ1v) is 8.61. The number of rotatable bonds is 4. The molecule has 0 amide bonds. The van der Waals surface area contributed by atoms with Crippen LogP contribution in [-0.4, -0.2) is 24.9 Å². The SMILES string of the molecule is CN(Cc1cccc(O)c1)S(=O)(=O)c1ccc(Br)cc1Cl. The molecule has 0 aliphatic carbocycles. The molecule has 0 unspecified atom stereocenters. The molecule has 0 atom stereocenters. The minimum absolute atomic E-state index is 0.0509. The number of hydrogen-bond acceptors (Lipinski definition) is 3. The van der Waals surface area contributed by atoms with Crippen LogP contribution < -0.4 is 0 Å². The van der Waals surface area contributed by atoms with E-state index in [1.807, 2.05) is 0 Å². The van der Waals surface area contributed by atoms with E-state index in [9.17, 15) is 13.5 Å². The van der Waals surface area contributed by atoms with Gasteiger partial charge < -0.3 is 5.11 Å². The van der Waals surface area contributed by atoms with Crippen molar-refractivity contribution >= 4 is 37.6 Å². The van der Waals surface area contributed by atoms with Crippen molar-refractivity contribution in [3.05, 3.63) is 57.5 Å². The van der Waals surface area contributed by atoms with Crippen molar-refractivity contribution in [1.82, 2.24) is 4.31 Å². The molecule has 1 N–H and O–H groups in total. The molecule has 0 saturated heterocycles. The minimum Gasteiger partial charge on any atom is -0.508 e. The fourth-order valence-corrected chi connectivity index (χ4v) is 4.02. The van der Waals surface area contributed by atoms with Crippen molar-refractivity contribution in [2.45, 2.75) is 11.4 Å². The van der Waals surface area contributed by atoms with Crippen LogP contribution in [0.15, 0.2) is 51.8 Å². The fraction of sp³-hybridized carbons (Fsp3) is 0.143. The molecule has 0 radical (unpaired) electrons. The topological polar surface area (TPSA) is 57.6 Å². The average molecular weight is 391 g/mol. The normalized spacial score (nSPS) is 11.8. The molecule has 2 aromatic rings. The van der Waals surface area contributed by atoms with E-state index in [-0.39, 0.29) is 22.2 Å². The first-order chi connectivity index (χ1) is 9.80. The Labute approximate surface area is 137 Å². The largest absolute Gasteiger partial charge is 0.508 e. The van der Waals surface area contributed by atoms with E-state index < -0.39 is 10.0 Å². The van der Waals surface area contributed by atoms with Crippen molar-refractivity contribution in [2.24, 2.45) is 0 Å². The second kappa shape index (κ2) is 6.36. The smallest absolute Gasteiger partial charge is 0.244 e. The standard InChI is InChI=1S/C14H13BrClNO3S/c1-17(9-10-3-2-4-12(18)7-10)21(19,20)14-6-5-11(15)8-13(14)16/h2-8,18H,9H2,1H3. The van der Waals surface area contributed by atoms with E-state index in [0.29, 0.717) is 10.0 Å². The van der Waals surface area contributed by atoms with Crippen LogP contribution in [0.4, 0.5) is 0 Å². The summed E-state index contributed by atoms with van der Waals surface area (Å²) in [6, 6.07) is 11.1. The molecule has 4 nitrogen and oxygen atoms in total. The Bertz CT molecular complexity index is 765. The van der Waals surface area contributed by atoms with Gasteiger partial charge >= 0.3 is 0 Å². The number of sulfonamides is 1. The molecular weight excluding hydrogens is 378 g/mol. The van der Waals surface area contributed by atoms with Gasteiger partial charge in [0, 0.05) is 18.1 Å². The van der Waals surface area contributed by atoms with E-state index in [1.54, 1.807) is 18.2 Å². The van der Waals surface area contributed by atoms with Crippen LogP contribution in [0, 0.1) is 0 Å². The first kappa shape index (κ1) is 16.3. The Morgan fingerprint density at radius 1 is 1.24 bits per heavy atom. The number of phenolic OH excluding ortho intramolecular Hbond substituents is 1. The Hall–Kier alpha value is -1.08. The molecule has 0 aliphatic rings. The van der Waals surface area contributed by atoms with Crippen LogP contribution in [0.1, 0.15) is 5.56 Å². The van der Waals surface area contributed by atoms with Crippen molar-refractivity contribution < 1.29 is 13.5 Å². The quantitative estimate of drug-likeness (QED) is 0.867.